The van der Waals surface area contributed by atoms with Crippen LogP contribution in [0.2, 0.25) is 0 Å². The summed E-state index contributed by atoms with van der Waals surface area (Å²) in [6, 6.07) is 3.00. The maximum Gasteiger partial charge on any atom is 0.257 e. The zero-order valence-electron chi connectivity index (χ0n) is 10.4. The van der Waals surface area contributed by atoms with Gasteiger partial charge in [-0.15, -0.1) is 0 Å². The molecule has 102 valence electrons. The molecule has 0 bridgehead atoms. The van der Waals surface area contributed by atoms with Crippen molar-refractivity contribution in [2.75, 3.05) is 26.8 Å². The van der Waals surface area contributed by atoms with Crippen LogP contribution in [0.5, 0.6) is 0 Å². The fourth-order valence-electron chi connectivity index (χ4n) is 1.46. The average molecular weight is 269 g/mol. The monoisotopic (exact) mass is 269 g/mol. The van der Waals surface area contributed by atoms with Crippen molar-refractivity contribution in [2.45, 2.75) is 6.42 Å². The van der Waals surface area contributed by atoms with Crippen LogP contribution in [0.25, 0.3) is 0 Å². The number of nitriles is 1. The molecule has 0 aliphatic carbocycles. The number of rotatable bonds is 6. The van der Waals surface area contributed by atoms with Crippen LogP contribution in [0.15, 0.2) is 12.3 Å². The predicted molar refractivity (Wildman–Crippen MR) is 62.2 cm³/mol. The van der Waals surface area contributed by atoms with Gasteiger partial charge in [-0.05, 0) is 6.07 Å². The lowest BCUT2D eigenvalue weighted by Crippen LogP contribution is -2.35. The molecule has 0 atom stereocenters. The topological polar surface area (TPSA) is 66.2 Å². The zero-order valence-corrected chi connectivity index (χ0v) is 10.4. The third kappa shape index (κ3) is 3.96. The quantitative estimate of drug-likeness (QED) is 0.731. The van der Waals surface area contributed by atoms with Gasteiger partial charge in [0.25, 0.3) is 5.91 Å². The average Bonchev–Trinajstić information content (AvgIpc) is 2.41. The number of carbonyl (C=O) groups excluding carboxylic acids is 1. The van der Waals surface area contributed by atoms with Crippen LogP contribution in [0.4, 0.5) is 8.78 Å². The highest BCUT2D eigenvalue weighted by Gasteiger charge is 2.21. The second-order valence-corrected chi connectivity index (χ2v) is 3.66. The first-order valence-corrected chi connectivity index (χ1v) is 5.57. The molecule has 0 fully saturated rings. The predicted octanol–water partition coefficient (Wildman–Crippen LogP) is 1.36. The number of carbonyl (C=O) groups is 1. The Kier molecular flexibility index (Phi) is 5.82. The number of halogens is 2. The number of hydrogen-bond acceptors (Lipinski definition) is 4. The number of nitrogens with zero attached hydrogens (tertiary/aromatic N) is 3. The van der Waals surface area contributed by atoms with Gasteiger partial charge in [0.15, 0.2) is 5.82 Å². The Balaban J connectivity index is 2.91. The molecule has 0 unspecified atom stereocenters. The normalized spacial score (nSPS) is 10.0. The molecule has 0 aliphatic rings. The zero-order chi connectivity index (χ0) is 14.3. The summed E-state index contributed by atoms with van der Waals surface area (Å²) in [5.74, 6) is -3.30. The standard InChI is InChI=1S/C12H13F2N3O2/c1-19-8-7-17(6-2-4-15)12(18)9-3-5-16-11(14)10(9)13/h3,5H,2,6-8H2,1H3. The molecule has 0 spiro atoms. The first-order valence-electron chi connectivity index (χ1n) is 5.57. The van der Waals surface area contributed by atoms with Crippen molar-refractivity contribution in [2.24, 2.45) is 0 Å². The number of pyridine rings is 1. The largest absolute Gasteiger partial charge is 0.383 e. The fourth-order valence-corrected chi connectivity index (χ4v) is 1.46. The van der Waals surface area contributed by atoms with Crippen LogP contribution in [0.3, 0.4) is 0 Å². The van der Waals surface area contributed by atoms with E-state index in [1.165, 1.54) is 12.0 Å². The third-order valence-corrected chi connectivity index (χ3v) is 2.42. The van der Waals surface area contributed by atoms with E-state index in [1.54, 1.807) is 0 Å². The Morgan fingerprint density at radius 3 is 2.89 bits per heavy atom. The van der Waals surface area contributed by atoms with Gasteiger partial charge in [0, 0.05) is 26.4 Å². The number of methoxy groups -OCH3 is 1. The molecule has 1 amide bonds. The summed E-state index contributed by atoms with van der Waals surface area (Å²) in [6.07, 6.45) is 1.12. The highest BCUT2D eigenvalue weighted by molar-refractivity contribution is 5.94. The van der Waals surface area contributed by atoms with Gasteiger partial charge in [-0.3, -0.25) is 4.79 Å². The van der Waals surface area contributed by atoms with Gasteiger partial charge in [0.1, 0.15) is 0 Å². The maximum atomic E-state index is 13.5. The molecule has 0 radical (unpaired) electrons. The lowest BCUT2D eigenvalue weighted by Gasteiger charge is -2.21. The van der Waals surface area contributed by atoms with Gasteiger partial charge in [0.05, 0.1) is 24.7 Å². The third-order valence-electron chi connectivity index (χ3n) is 2.42. The van der Waals surface area contributed by atoms with Gasteiger partial charge in [0.2, 0.25) is 5.95 Å². The fraction of sp³-hybridized carbons (Fsp3) is 0.417. The molecule has 0 saturated heterocycles. The molecule has 19 heavy (non-hydrogen) atoms. The summed E-state index contributed by atoms with van der Waals surface area (Å²) in [5, 5.41) is 8.53. The Morgan fingerprint density at radius 1 is 1.53 bits per heavy atom. The highest BCUT2D eigenvalue weighted by atomic mass is 19.2. The van der Waals surface area contributed by atoms with Crippen molar-refractivity contribution < 1.29 is 18.3 Å². The second kappa shape index (κ2) is 7.38. The second-order valence-electron chi connectivity index (χ2n) is 3.66. The minimum absolute atomic E-state index is 0.102. The van der Waals surface area contributed by atoms with E-state index in [-0.39, 0.29) is 26.1 Å². The first kappa shape index (κ1) is 15.0. The van der Waals surface area contributed by atoms with Gasteiger partial charge in [-0.2, -0.15) is 9.65 Å². The molecule has 0 saturated carbocycles. The molecule has 1 aromatic heterocycles. The summed E-state index contributed by atoms with van der Waals surface area (Å²) in [4.78, 5) is 16.4. The number of amides is 1. The van der Waals surface area contributed by atoms with Crippen molar-refractivity contribution >= 4 is 5.91 Å². The Morgan fingerprint density at radius 2 is 2.26 bits per heavy atom. The lowest BCUT2D eigenvalue weighted by molar-refractivity contribution is 0.0694. The maximum absolute atomic E-state index is 13.5. The molecule has 1 aromatic rings. The summed E-state index contributed by atoms with van der Waals surface area (Å²) in [7, 11) is 1.46. The van der Waals surface area contributed by atoms with Crippen LogP contribution >= 0.6 is 0 Å². The van der Waals surface area contributed by atoms with E-state index >= 15 is 0 Å². The number of hydrogen-bond donors (Lipinski definition) is 0. The minimum Gasteiger partial charge on any atom is -0.383 e. The first-order chi connectivity index (χ1) is 9.11. The van der Waals surface area contributed by atoms with E-state index in [9.17, 15) is 13.6 Å². The van der Waals surface area contributed by atoms with Crippen molar-refractivity contribution in [3.63, 3.8) is 0 Å². The molecule has 0 aliphatic heterocycles. The summed E-state index contributed by atoms with van der Waals surface area (Å²) >= 11 is 0. The van der Waals surface area contributed by atoms with Gasteiger partial charge in [-0.25, -0.2) is 9.37 Å². The van der Waals surface area contributed by atoms with E-state index in [2.05, 4.69) is 4.98 Å². The molecular weight excluding hydrogens is 256 g/mol. The lowest BCUT2D eigenvalue weighted by atomic mass is 10.2. The van der Waals surface area contributed by atoms with Crippen LogP contribution in [-0.4, -0.2) is 42.6 Å². The summed E-state index contributed by atoms with van der Waals surface area (Å²) in [5.41, 5.74) is -0.401. The van der Waals surface area contributed by atoms with Crippen molar-refractivity contribution in [3.8, 4) is 6.07 Å². The van der Waals surface area contributed by atoms with E-state index in [1.807, 2.05) is 6.07 Å². The Bertz CT molecular complexity index is 488. The van der Waals surface area contributed by atoms with E-state index in [0.29, 0.717) is 0 Å². The highest BCUT2D eigenvalue weighted by Crippen LogP contribution is 2.12. The molecular formula is C12H13F2N3O2. The van der Waals surface area contributed by atoms with E-state index < -0.39 is 23.2 Å². The van der Waals surface area contributed by atoms with Crippen LogP contribution in [0, 0.1) is 23.1 Å². The van der Waals surface area contributed by atoms with Crippen molar-refractivity contribution in [1.82, 2.24) is 9.88 Å². The molecule has 5 nitrogen and oxygen atoms in total. The van der Waals surface area contributed by atoms with E-state index in [0.717, 1.165) is 12.3 Å². The molecule has 1 rings (SSSR count). The smallest absolute Gasteiger partial charge is 0.257 e. The molecule has 0 N–H and O–H groups in total. The Hall–Kier alpha value is -2.07. The Labute approximate surface area is 109 Å². The van der Waals surface area contributed by atoms with Crippen molar-refractivity contribution in [1.29, 1.82) is 5.26 Å². The number of ether oxygens (including phenoxy) is 1. The van der Waals surface area contributed by atoms with Gasteiger partial charge in [-0.1, -0.05) is 0 Å². The van der Waals surface area contributed by atoms with Crippen LogP contribution in [0.1, 0.15) is 16.8 Å². The van der Waals surface area contributed by atoms with Crippen LogP contribution < -0.4 is 0 Å². The summed E-state index contributed by atoms with van der Waals surface area (Å²) in [6.45, 7) is 0.564. The van der Waals surface area contributed by atoms with Crippen LogP contribution in [-0.2, 0) is 4.74 Å². The minimum atomic E-state index is -1.32. The molecule has 7 heteroatoms. The number of aromatic nitrogens is 1. The SMILES string of the molecule is COCCN(CCC#N)C(=O)c1ccnc(F)c1F. The molecule has 1 heterocycles. The summed E-state index contributed by atoms with van der Waals surface area (Å²) < 4.78 is 31.3. The van der Waals surface area contributed by atoms with Gasteiger partial charge >= 0.3 is 0 Å². The van der Waals surface area contributed by atoms with Crippen molar-refractivity contribution in [3.05, 3.63) is 29.6 Å². The van der Waals surface area contributed by atoms with Gasteiger partial charge < -0.3 is 9.64 Å². The molecule has 0 aromatic carbocycles. The van der Waals surface area contributed by atoms with E-state index in [4.69, 9.17) is 10.00 Å².